The number of carbonyl (C=O) groups excluding carboxylic acids is 1. The summed E-state index contributed by atoms with van der Waals surface area (Å²) in [4.78, 5) is 12.1. The Balaban J connectivity index is 2.16. The molecule has 0 bridgehead atoms. The molecule has 106 valence electrons. The number of nitrogens with one attached hydrogen (secondary N) is 1. The van der Waals surface area contributed by atoms with Crippen molar-refractivity contribution >= 4 is 11.6 Å². The van der Waals surface area contributed by atoms with Crippen LogP contribution in [0, 0.1) is 12.8 Å². The van der Waals surface area contributed by atoms with Crippen molar-refractivity contribution in [3.8, 4) is 11.5 Å². The molecule has 2 rings (SSSR count). The van der Waals surface area contributed by atoms with E-state index < -0.39 is 0 Å². The third kappa shape index (κ3) is 3.23. The van der Waals surface area contributed by atoms with Crippen LogP contribution in [0.15, 0.2) is 28.7 Å². The molecular formula is C15H19N3O2. The van der Waals surface area contributed by atoms with Gasteiger partial charge in [0.15, 0.2) is 0 Å². The minimum Gasteiger partial charge on any atom is -0.421 e. The van der Waals surface area contributed by atoms with Crippen LogP contribution in [0.5, 0.6) is 0 Å². The highest BCUT2D eigenvalue weighted by molar-refractivity contribution is 5.93. The molecule has 0 atom stereocenters. The number of aromatic nitrogens is 2. The van der Waals surface area contributed by atoms with Gasteiger partial charge < -0.3 is 9.73 Å². The zero-order valence-electron chi connectivity index (χ0n) is 12.0. The molecule has 1 amide bonds. The number of aryl methyl sites for hydroxylation is 1. The first-order valence-electron chi connectivity index (χ1n) is 6.85. The smallest absolute Gasteiger partial charge is 0.247 e. The van der Waals surface area contributed by atoms with Gasteiger partial charge in [-0.2, -0.15) is 0 Å². The van der Waals surface area contributed by atoms with Crippen LogP contribution in [0.4, 0.5) is 5.69 Å². The van der Waals surface area contributed by atoms with Crippen LogP contribution in [-0.4, -0.2) is 16.1 Å². The lowest BCUT2D eigenvalue weighted by Crippen LogP contribution is -2.21. The molecule has 0 spiro atoms. The maximum Gasteiger partial charge on any atom is 0.247 e. The molecule has 0 aliphatic heterocycles. The largest absolute Gasteiger partial charge is 0.421 e. The van der Waals surface area contributed by atoms with E-state index in [-0.39, 0.29) is 11.8 Å². The van der Waals surface area contributed by atoms with Gasteiger partial charge in [0, 0.05) is 24.1 Å². The summed E-state index contributed by atoms with van der Waals surface area (Å²) in [7, 11) is 0. The van der Waals surface area contributed by atoms with E-state index >= 15 is 0 Å². The Bertz CT molecular complexity index is 588. The van der Waals surface area contributed by atoms with Gasteiger partial charge in [0.1, 0.15) is 0 Å². The van der Waals surface area contributed by atoms with Gasteiger partial charge in [-0.25, -0.2) is 0 Å². The monoisotopic (exact) mass is 273 g/mol. The van der Waals surface area contributed by atoms with Crippen molar-refractivity contribution in [1.29, 1.82) is 0 Å². The summed E-state index contributed by atoms with van der Waals surface area (Å²) in [6.45, 7) is 5.78. The summed E-state index contributed by atoms with van der Waals surface area (Å²) in [5, 5.41) is 10.7. The molecule has 5 heteroatoms. The van der Waals surface area contributed by atoms with Crippen LogP contribution < -0.4 is 5.32 Å². The highest BCUT2D eigenvalue weighted by Crippen LogP contribution is 2.22. The Labute approximate surface area is 118 Å². The zero-order chi connectivity index (χ0) is 14.5. The quantitative estimate of drug-likeness (QED) is 0.906. The number of hydrogen-bond donors (Lipinski definition) is 1. The standard InChI is InChI=1S/C15H19N3O2/c1-4-11(5-2)14(19)16-13-8-6-7-12(9-13)15-18-17-10(3)20-15/h6-9,11H,4-5H2,1-3H3,(H,16,19). The molecule has 1 heterocycles. The molecule has 1 N–H and O–H groups in total. The fourth-order valence-corrected chi connectivity index (χ4v) is 2.05. The lowest BCUT2D eigenvalue weighted by Gasteiger charge is -2.13. The molecule has 2 aromatic rings. The van der Waals surface area contributed by atoms with Crippen LogP contribution >= 0.6 is 0 Å². The van der Waals surface area contributed by atoms with Crippen LogP contribution in [0.2, 0.25) is 0 Å². The van der Waals surface area contributed by atoms with E-state index in [4.69, 9.17) is 4.42 Å². The Hall–Kier alpha value is -2.17. The van der Waals surface area contributed by atoms with E-state index in [1.54, 1.807) is 6.92 Å². The molecule has 0 saturated carbocycles. The highest BCUT2D eigenvalue weighted by Gasteiger charge is 2.14. The molecule has 0 aliphatic rings. The number of nitrogens with zero attached hydrogens (tertiary/aromatic N) is 2. The van der Waals surface area contributed by atoms with Crippen molar-refractivity contribution in [2.75, 3.05) is 5.32 Å². The first-order chi connectivity index (χ1) is 9.63. The molecule has 0 unspecified atom stereocenters. The van der Waals surface area contributed by atoms with E-state index in [0.29, 0.717) is 11.8 Å². The lowest BCUT2D eigenvalue weighted by molar-refractivity contribution is -0.120. The Kier molecular flexibility index (Phi) is 4.50. The summed E-state index contributed by atoms with van der Waals surface area (Å²) >= 11 is 0. The van der Waals surface area contributed by atoms with Crippen LogP contribution in [0.25, 0.3) is 11.5 Å². The van der Waals surface area contributed by atoms with E-state index in [0.717, 1.165) is 24.1 Å². The Morgan fingerprint density at radius 2 is 2.05 bits per heavy atom. The number of benzene rings is 1. The number of rotatable bonds is 5. The van der Waals surface area contributed by atoms with Crippen LogP contribution in [0.3, 0.4) is 0 Å². The topological polar surface area (TPSA) is 68.0 Å². The summed E-state index contributed by atoms with van der Waals surface area (Å²) in [5.41, 5.74) is 1.54. The average Bonchev–Trinajstić information content (AvgIpc) is 2.87. The maximum atomic E-state index is 12.1. The average molecular weight is 273 g/mol. The van der Waals surface area contributed by atoms with Gasteiger partial charge in [0.2, 0.25) is 17.7 Å². The molecular weight excluding hydrogens is 254 g/mol. The summed E-state index contributed by atoms with van der Waals surface area (Å²) in [5.74, 6) is 1.07. The van der Waals surface area contributed by atoms with Gasteiger partial charge in [-0.1, -0.05) is 19.9 Å². The lowest BCUT2D eigenvalue weighted by atomic mass is 10.0. The molecule has 0 saturated heterocycles. The second-order valence-corrected chi connectivity index (χ2v) is 4.71. The van der Waals surface area contributed by atoms with Crippen LogP contribution in [-0.2, 0) is 4.79 Å². The van der Waals surface area contributed by atoms with Crippen molar-refractivity contribution in [2.24, 2.45) is 5.92 Å². The SMILES string of the molecule is CCC(CC)C(=O)Nc1cccc(-c2nnc(C)o2)c1. The van der Waals surface area contributed by atoms with Crippen molar-refractivity contribution < 1.29 is 9.21 Å². The van der Waals surface area contributed by atoms with E-state index in [1.807, 2.05) is 38.1 Å². The normalized spacial score (nSPS) is 10.8. The molecule has 0 radical (unpaired) electrons. The third-order valence-corrected chi connectivity index (χ3v) is 3.26. The summed E-state index contributed by atoms with van der Waals surface area (Å²) < 4.78 is 5.38. The van der Waals surface area contributed by atoms with Crippen molar-refractivity contribution in [3.05, 3.63) is 30.2 Å². The fourth-order valence-electron chi connectivity index (χ4n) is 2.05. The fraction of sp³-hybridized carbons (Fsp3) is 0.400. The van der Waals surface area contributed by atoms with Gasteiger partial charge in [-0.3, -0.25) is 4.79 Å². The molecule has 5 nitrogen and oxygen atoms in total. The minimum atomic E-state index is 0.0457. The molecule has 0 aliphatic carbocycles. The van der Waals surface area contributed by atoms with E-state index in [1.165, 1.54) is 0 Å². The number of anilines is 1. The molecule has 1 aromatic carbocycles. The maximum absolute atomic E-state index is 12.1. The minimum absolute atomic E-state index is 0.0457. The highest BCUT2D eigenvalue weighted by atomic mass is 16.4. The Morgan fingerprint density at radius 3 is 2.65 bits per heavy atom. The van der Waals surface area contributed by atoms with Gasteiger partial charge >= 0.3 is 0 Å². The molecule has 20 heavy (non-hydrogen) atoms. The molecule has 0 fully saturated rings. The first-order valence-corrected chi connectivity index (χ1v) is 6.85. The second-order valence-electron chi connectivity index (χ2n) is 4.71. The Morgan fingerprint density at radius 1 is 1.30 bits per heavy atom. The van der Waals surface area contributed by atoms with E-state index in [2.05, 4.69) is 15.5 Å². The van der Waals surface area contributed by atoms with Crippen LogP contribution in [0.1, 0.15) is 32.6 Å². The first kappa shape index (κ1) is 14.2. The van der Waals surface area contributed by atoms with Crippen molar-refractivity contribution in [1.82, 2.24) is 10.2 Å². The predicted octanol–water partition coefficient (Wildman–Crippen LogP) is 3.42. The van der Waals surface area contributed by atoms with Crippen molar-refractivity contribution in [2.45, 2.75) is 33.6 Å². The van der Waals surface area contributed by atoms with Gasteiger partial charge in [0.05, 0.1) is 0 Å². The number of carbonyl (C=O) groups is 1. The summed E-state index contributed by atoms with van der Waals surface area (Å²) in [6, 6.07) is 7.43. The number of amides is 1. The third-order valence-electron chi connectivity index (χ3n) is 3.26. The number of hydrogen-bond acceptors (Lipinski definition) is 4. The van der Waals surface area contributed by atoms with Gasteiger partial charge in [-0.05, 0) is 31.0 Å². The zero-order valence-corrected chi connectivity index (χ0v) is 12.0. The second kappa shape index (κ2) is 6.32. The van der Waals surface area contributed by atoms with Gasteiger partial charge in [0.25, 0.3) is 0 Å². The van der Waals surface area contributed by atoms with E-state index in [9.17, 15) is 4.79 Å². The van der Waals surface area contributed by atoms with Gasteiger partial charge in [-0.15, -0.1) is 10.2 Å². The van der Waals surface area contributed by atoms with Crippen molar-refractivity contribution in [3.63, 3.8) is 0 Å². The molecule has 1 aromatic heterocycles. The summed E-state index contributed by atoms with van der Waals surface area (Å²) in [6.07, 6.45) is 1.68. The predicted molar refractivity (Wildman–Crippen MR) is 77.2 cm³/mol.